The summed E-state index contributed by atoms with van der Waals surface area (Å²) in [4.78, 5) is 11.5. The fraction of sp³-hybridized carbons (Fsp3) is 0.364. The molecule has 2 amide bonds. The number of para-hydroxylation sites is 1. The van der Waals surface area contributed by atoms with Crippen molar-refractivity contribution in [2.45, 2.75) is 13.8 Å². The average Bonchev–Trinajstić information content (AvgIpc) is 2.10. The molecule has 0 saturated carbocycles. The summed E-state index contributed by atoms with van der Waals surface area (Å²) in [5, 5.41) is 4.42. The van der Waals surface area contributed by atoms with Gasteiger partial charge in [0.2, 0.25) is 0 Å². The Morgan fingerprint density at radius 3 is 2.20 bits per heavy atom. The minimum absolute atomic E-state index is 0.225. The van der Waals surface area contributed by atoms with Crippen molar-refractivity contribution >= 4 is 11.7 Å². The van der Waals surface area contributed by atoms with E-state index < -0.39 is 0 Å². The van der Waals surface area contributed by atoms with E-state index in [1.807, 2.05) is 32.0 Å². The van der Waals surface area contributed by atoms with E-state index in [-0.39, 0.29) is 6.03 Å². The zero-order valence-corrected chi connectivity index (χ0v) is 9.59. The molecule has 0 fully saturated rings. The van der Waals surface area contributed by atoms with E-state index in [4.69, 9.17) is 0 Å². The molecular formula is C11H17N3O. The highest BCUT2D eigenvalue weighted by atomic mass is 16.2. The van der Waals surface area contributed by atoms with Crippen LogP contribution in [0, 0.1) is 13.8 Å². The van der Waals surface area contributed by atoms with Gasteiger partial charge in [-0.3, -0.25) is 5.43 Å². The molecule has 0 radical (unpaired) electrons. The Labute approximate surface area is 90.2 Å². The van der Waals surface area contributed by atoms with Gasteiger partial charge in [-0.05, 0) is 25.0 Å². The van der Waals surface area contributed by atoms with Crippen molar-refractivity contribution < 1.29 is 4.79 Å². The van der Waals surface area contributed by atoms with Crippen molar-refractivity contribution in [3.05, 3.63) is 29.3 Å². The number of urea groups is 1. The third-order valence-corrected chi connectivity index (χ3v) is 2.04. The van der Waals surface area contributed by atoms with Gasteiger partial charge in [-0.15, -0.1) is 0 Å². The first-order valence-corrected chi connectivity index (χ1v) is 4.82. The summed E-state index contributed by atoms with van der Waals surface area (Å²) >= 11 is 0. The molecule has 0 aliphatic heterocycles. The van der Waals surface area contributed by atoms with Crippen molar-refractivity contribution in [2.75, 3.05) is 19.4 Å². The minimum atomic E-state index is -0.225. The molecule has 1 aromatic rings. The van der Waals surface area contributed by atoms with Gasteiger partial charge in [-0.2, -0.15) is 0 Å². The average molecular weight is 207 g/mol. The van der Waals surface area contributed by atoms with Crippen LogP contribution in [0.3, 0.4) is 0 Å². The zero-order valence-electron chi connectivity index (χ0n) is 9.59. The normalized spacial score (nSPS) is 10.2. The van der Waals surface area contributed by atoms with E-state index in [9.17, 15) is 4.79 Å². The predicted molar refractivity (Wildman–Crippen MR) is 61.8 cm³/mol. The SMILES string of the molecule is Cc1cccc(C)c1NC(=O)NN(C)C. The van der Waals surface area contributed by atoms with Gasteiger partial charge in [0.25, 0.3) is 0 Å². The molecule has 4 heteroatoms. The molecule has 0 unspecified atom stereocenters. The van der Waals surface area contributed by atoms with Crippen LogP contribution < -0.4 is 10.7 Å². The van der Waals surface area contributed by atoms with Crippen LogP contribution in [0.4, 0.5) is 10.5 Å². The van der Waals surface area contributed by atoms with Crippen LogP contribution in [0.5, 0.6) is 0 Å². The number of carbonyl (C=O) groups excluding carboxylic acids is 1. The minimum Gasteiger partial charge on any atom is -0.306 e. The number of hydrazine groups is 1. The topological polar surface area (TPSA) is 44.4 Å². The number of aryl methyl sites for hydroxylation is 2. The van der Waals surface area contributed by atoms with Gasteiger partial charge >= 0.3 is 6.03 Å². The number of nitrogens with one attached hydrogen (secondary N) is 2. The maximum Gasteiger partial charge on any atom is 0.333 e. The predicted octanol–water partition coefficient (Wildman–Crippen LogP) is 1.90. The fourth-order valence-corrected chi connectivity index (χ4v) is 1.36. The lowest BCUT2D eigenvalue weighted by Gasteiger charge is -2.15. The van der Waals surface area contributed by atoms with Crippen molar-refractivity contribution in [3.63, 3.8) is 0 Å². The van der Waals surface area contributed by atoms with Gasteiger partial charge in [0.1, 0.15) is 0 Å². The number of amides is 2. The first kappa shape index (κ1) is 11.5. The van der Waals surface area contributed by atoms with E-state index in [2.05, 4.69) is 10.7 Å². The summed E-state index contributed by atoms with van der Waals surface area (Å²) < 4.78 is 0. The maximum atomic E-state index is 11.5. The van der Waals surface area contributed by atoms with Gasteiger partial charge in [-0.1, -0.05) is 18.2 Å². The zero-order chi connectivity index (χ0) is 11.4. The van der Waals surface area contributed by atoms with Crippen LogP contribution >= 0.6 is 0 Å². The molecule has 4 nitrogen and oxygen atoms in total. The van der Waals surface area contributed by atoms with Gasteiger partial charge < -0.3 is 5.32 Å². The Kier molecular flexibility index (Phi) is 3.68. The lowest BCUT2D eigenvalue weighted by Crippen LogP contribution is -2.39. The van der Waals surface area contributed by atoms with E-state index in [0.29, 0.717) is 0 Å². The van der Waals surface area contributed by atoms with E-state index >= 15 is 0 Å². The Balaban J connectivity index is 2.76. The largest absolute Gasteiger partial charge is 0.333 e. The number of hydrogen-bond donors (Lipinski definition) is 2. The number of carbonyl (C=O) groups is 1. The molecule has 1 aromatic carbocycles. The molecule has 0 aliphatic rings. The van der Waals surface area contributed by atoms with Gasteiger partial charge in [0.05, 0.1) is 0 Å². The summed E-state index contributed by atoms with van der Waals surface area (Å²) in [6, 6.07) is 5.69. The molecule has 15 heavy (non-hydrogen) atoms. The van der Waals surface area contributed by atoms with Crippen molar-refractivity contribution in [1.82, 2.24) is 10.4 Å². The second-order valence-electron chi connectivity index (χ2n) is 3.73. The lowest BCUT2D eigenvalue weighted by atomic mass is 10.1. The van der Waals surface area contributed by atoms with Crippen molar-refractivity contribution in [1.29, 1.82) is 0 Å². The quantitative estimate of drug-likeness (QED) is 0.727. The fourth-order valence-electron chi connectivity index (χ4n) is 1.36. The Morgan fingerprint density at radius 2 is 1.73 bits per heavy atom. The summed E-state index contributed by atoms with van der Waals surface area (Å²) in [7, 11) is 3.54. The molecule has 0 spiro atoms. The van der Waals surface area contributed by atoms with E-state index in [1.54, 1.807) is 19.1 Å². The summed E-state index contributed by atoms with van der Waals surface area (Å²) in [5.74, 6) is 0. The van der Waals surface area contributed by atoms with Gasteiger partial charge in [0.15, 0.2) is 0 Å². The molecule has 2 N–H and O–H groups in total. The van der Waals surface area contributed by atoms with Crippen LogP contribution in [0.15, 0.2) is 18.2 Å². The molecule has 0 atom stereocenters. The molecule has 0 saturated heterocycles. The smallest absolute Gasteiger partial charge is 0.306 e. The molecule has 0 aliphatic carbocycles. The first-order valence-electron chi connectivity index (χ1n) is 4.82. The molecule has 0 aromatic heterocycles. The highest BCUT2D eigenvalue weighted by molar-refractivity contribution is 5.90. The Hall–Kier alpha value is -1.55. The molecule has 1 rings (SSSR count). The van der Waals surface area contributed by atoms with Gasteiger partial charge in [0, 0.05) is 19.8 Å². The number of hydrogen-bond acceptors (Lipinski definition) is 2. The van der Waals surface area contributed by atoms with Crippen LogP contribution in [0.25, 0.3) is 0 Å². The molecule has 0 bridgehead atoms. The Bertz CT molecular complexity index is 341. The summed E-state index contributed by atoms with van der Waals surface area (Å²) in [6.07, 6.45) is 0. The van der Waals surface area contributed by atoms with Crippen LogP contribution in [-0.4, -0.2) is 25.1 Å². The summed E-state index contributed by atoms with van der Waals surface area (Å²) in [5.41, 5.74) is 5.62. The van der Waals surface area contributed by atoms with Crippen molar-refractivity contribution in [3.8, 4) is 0 Å². The second-order valence-corrected chi connectivity index (χ2v) is 3.73. The first-order chi connectivity index (χ1) is 7.00. The third kappa shape index (κ3) is 3.25. The second kappa shape index (κ2) is 4.79. The molecule has 0 heterocycles. The lowest BCUT2D eigenvalue weighted by molar-refractivity contribution is 0.224. The van der Waals surface area contributed by atoms with E-state index in [1.165, 1.54) is 0 Å². The van der Waals surface area contributed by atoms with Gasteiger partial charge in [-0.25, -0.2) is 9.80 Å². The van der Waals surface area contributed by atoms with Crippen LogP contribution in [0.2, 0.25) is 0 Å². The number of anilines is 1. The Morgan fingerprint density at radius 1 is 1.20 bits per heavy atom. The standard InChI is InChI=1S/C11H17N3O/c1-8-6-5-7-9(2)10(8)12-11(15)13-14(3)4/h5-7H,1-4H3,(H2,12,13,15). The van der Waals surface area contributed by atoms with Crippen molar-refractivity contribution in [2.24, 2.45) is 0 Å². The highest BCUT2D eigenvalue weighted by Gasteiger charge is 2.06. The van der Waals surface area contributed by atoms with E-state index in [0.717, 1.165) is 16.8 Å². The van der Waals surface area contributed by atoms with Crippen LogP contribution in [-0.2, 0) is 0 Å². The number of nitrogens with zero attached hydrogens (tertiary/aromatic N) is 1. The highest BCUT2D eigenvalue weighted by Crippen LogP contribution is 2.18. The maximum absolute atomic E-state index is 11.5. The molecule has 82 valence electrons. The monoisotopic (exact) mass is 207 g/mol. The number of rotatable bonds is 2. The summed E-state index contributed by atoms with van der Waals surface area (Å²) in [6.45, 7) is 3.94. The van der Waals surface area contributed by atoms with Crippen LogP contribution in [0.1, 0.15) is 11.1 Å². The third-order valence-electron chi connectivity index (χ3n) is 2.04. The number of benzene rings is 1. The molecular weight excluding hydrogens is 190 g/mol.